The molecule has 0 amide bonds. The number of nitrogen functional groups attached to an aromatic ring is 1. The minimum absolute atomic E-state index is 0.187. The fourth-order valence-electron chi connectivity index (χ4n) is 3.30. The van der Waals surface area contributed by atoms with Crippen LogP contribution in [0.2, 0.25) is 0 Å². The fourth-order valence-corrected chi connectivity index (χ4v) is 3.30. The lowest BCUT2D eigenvalue weighted by molar-refractivity contribution is 0.311. The van der Waals surface area contributed by atoms with Gasteiger partial charge in [0.2, 0.25) is 0 Å². The van der Waals surface area contributed by atoms with Crippen molar-refractivity contribution in [3.63, 3.8) is 0 Å². The number of pyridine rings is 1. The van der Waals surface area contributed by atoms with E-state index in [-0.39, 0.29) is 5.82 Å². The van der Waals surface area contributed by atoms with E-state index in [1.54, 1.807) is 14.2 Å². The lowest BCUT2D eigenvalue weighted by Gasteiger charge is -2.17. The predicted octanol–water partition coefficient (Wildman–Crippen LogP) is 4.59. The molecule has 0 aliphatic carbocycles. The molecule has 2 N–H and O–H groups in total. The molecule has 0 aliphatic heterocycles. The lowest BCUT2D eigenvalue weighted by Crippen LogP contribution is -2.04. The smallest absolute Gasteiger partial charge is 0.161 e. The molecule has 0 fully saturated rings. The average molecular weight is 389 g/mol. The molecular weight excluding hydrogens is 366 g/mol. The maximum Gasteiger partial charge on any atom is 0.161 e. The Labute approximate surface area is 170 Å². The zero-order valence-electron chi connectivity index (χ0n) is 16.9. The van der Waals surface area contributed by atoms with Crippen LogP contribution < -0.4 is 19.9 Å². The molecule has 3 rings (SSSR count). The van der Waals surface area contributed by atoms with Gasteiger partial charge in [-0.3, -0.25) is 0 Å². The van der Waals surface area contributed by atoms with Crippen LogP contribution in [0.3, 0.4) is 0 Å². The minimum atomic E-state index is 0.187. The van der Waals surface area contributed by atoms with Crippen LogP contribution >= 0.6 is 0 Å². The van der Waals surface area contributed by atoms with Crippen molar-refractivity contribution in [2.24, 2.45) is 0 Å². The van der Waals surface area contributed by atoms with E-state index in [1.807, 2.05) is 56.3 Å². The van der Waals surface area contributed by atoms with Crippen LogP contribution in [0.1, 0.15) is 18.1 Å². The third-order valence-corrected chi connectivity index (χ3v) is 4.70. The number of anilines is 1. The molecule has 2 aromatic carbocycles. The first-order valence-electron chi connectivity index (χ1n) is 9.19. The molecule has 0 spiro atoms. The van der Waals surface area contributed by atoms with E-state index >= 15 is 0 Å². The minimum Gasteiger partial charge on any atom is -0.497 e. The number of nitrogens with zero attached hydrogens (tertiary/aromatic N) is 2. The molecule has 3 aromatic rings. The Balaban J connectivity index is 2.22. The summed E-state index contributed by atoms with van der Waals surface area (Å²) in [5.41, 5.74) is 10.5. The van der Waals surface area contributed by atoms with Gasteiger partial charge in [-0.2, -0.15) is 5.26 Å². The summed E-state index contributed by atoms with van der Waals surface area (Å²) >= 11 is 0. The average Bonchev–Trinajstić information content (AvgIpc) is 2.75. The van der Waals surface area contributed by atoms with E-state index in [2.05, 4.69) is 11.1 Å². The summed E-state index contributed by atoms with van der Waals surface area (Å²) in [6.45, 7) is 4.38. The van der Waals surface area contributed by atoms with Crippen molar-refractivity contribution < 1.29 is 14.2 Å². The van der Waals surface area contributed by atoms with Crippen molar-refractivity contribution in [1.82, 2.24) is 4.98 Å². The SMILES string of the molecule is CCOc1ccc(-c2c(C)c(-c3ccc(OC)cc3)nc(N)c2C#N)cc1OC. The molecule has 0 unspecified atom stereocenters. The number of nitrogens with two attached hydrogens (primary N) is 1. The number of nitriles is 1. The summed E-state index contributed by atoms with van der Waals surface area (Å²) in [7, 11) is 3.21. The van der Waals surface area contributed by atoms with Gasteiger partial charge in [-0.05, 0) is 61.4 Å². The molecule has 148 valence electrons. The van der Waals surface area contributed by atoms with Crippen LogP contribution in [-0.4, -0.2) is 25.8 Å². The maximum atomic E-state index is 9.74. The Morgan fingerprint density at radius 2 is 1.69 bits per heavy atom. The highest BCUT2D eigenvalue weighted by atomic mass is 16.5. The number of rotatable bonds is 6. The number of benzene rings is 2. The van der Waals surface area contributed by atoms with Gasteiger partial charge in [-0.15, -0.1) is 0 Å². The van der Waals surface area contributed by atoms with E-state index < -0.39 is 0 Å². The van der Waals surface area contributed by atoms with E-state index in [1.165, 1.54) is 0 Å². The summed E-state index contributed by atoms with van der Waals surface area (Å²) in [4.78, 5) is 4.50. The molecule has 6 heteroatoms. The molecule has 0 aliphatic rings. The Kier molecular flexibility index (Phi) is 5.89. The largest absolute Gasteiger partial charge is 0.497 e. The number of hydrogen-bond donors (Lipinski definition) is 1. The zero-order valence-corrected chi connectivity index (χ0v) is 16.9. The van der Waals surface area contributed by atoms with E-state index in [9.17, 15) is 5.26 Å². The Morgan fingerprint density at radius 3 is 2.28 bits per heavy atom. The maximum absolute atomic E-state index is 9.74. The third-order valence-electron chi connectivity index (χ3n) is 4.70. The number of methoxy groups -OCH3 is 2. The van der Waals surface area contributed by atoms with Crippen LogP contribution in [0.4, 0.5) is 5.82 Å². The molecule has 0 bridgehead atoms. The van der Waals surface area contributed by atoms with Crippen molar-refractivity contribution in [2.75, 3.05) is 26.6 Å². The highest BCUT2D eigenvalue weighted by Gasteiger charge is 2.19. The molecule has 0 saturated carbocycles. The molecular formula is C23H23N3O3. The quantitative estimate of drug-likeness (QED) is 0.663. The Morgan fingerprint density at radius 1 is 1.00 bits per heavy atom. The second-order valence-corrected chi connectivity index (χ2v) is 6.36. The van der Waals surface area contributed by atoms with Crippen molar-refractivity contribution in [1.29, 1.82) is 5.26 Å². The molecule has 1 aromatic heterocycles. The van der Waals surface area contributed by atoms with Gasteiger partial charge in [0.15, 0.2) is 11.5 Å². The normalized spacial score (nSPS) is 10.3. The van der Waals surface area contributed by atoms with E-state index in [0.717, 1.165) is 28.0 Å². The van der Waals surface area contributed by atoms with Crippen LogP contribution in [0.15, 0.2) is 42.5 Å². The van der Waals surface area contributed by atoms with Crippen molar-refractivity contribution in [2.45, 2.75) is 13.8 Å². The molecule has 29 heavy (non-hydrogen) atoms. The highest BCUT2D eigenvalue weighted by molar-refractivity contribution is 5.85. The van der Waals surface area contributed by atoms with Gasteiger partial charge in [0.25, 0.3) is 0 Å². The topological polar surface area (TPSA) is 90.4 Å². The third kappa shape index (κ3) is 3.81. The molecule has 6 nitrogen and oxygen atoms in total. The second kappa shape index (κ2) is 8.53. The monoisotopic (exact) mass is 389 g/mol. The van der Waals surface area contributed by atoms with E-state index in [4.69, 9.17) is 19.9 Å². The first-order valence-corrected chi connectivity index (χ1v) is 9.19. The van der Waals surface area contributed by atoms with Gasteiger partial charge in [-0.25, -0.2) is 4.98 Å². The van der Waals surface area contributed by atoms with Gasteiger partial charge >= 0.3 is 0 Å². The number of ether oxygens (including phenoxy) is 3. The molecule has 1 heterocycles. The second-order valence-electron chi connectivity index (χ2n) is 6.36. The van der Waals surface area contributed by atoms with Gasteiger partial charge < -0.3 is 19.9 Å². The molecule has 0 radical (unpaired) electrons. The van der Waals surface area contributed by atoms with E-state index in [0.29, 0.717) is 29.4 Å². The van der Waals surface area contributed by atoms with Crippen molar-refractivity contribution >= 4 is 5.82 Å². The lowest BCUT2D eigenvalue weighted by atomic mass is 9.92. The summed E-state index contributed by atoms with van der Waals surface area (Å²) in [5, 5.41) is 9.74. The number of aromatic nitrogens is 1. The van der Waals surface area contributed by atoms with Crippen LogP contribution in [-0.2, 0) is 0 Å². The van der Waals surface area contributed by atoms with Crippen molar-refractivity contribution in [3.8, 4) is 45.7 Å². The van der Waals surface area contributed by atoms with Crippen LogP contribution in [0.5, 0.6) is 17.2 Å². The highest BCUT2D eigenvalue weighted by Crippen LogP contribution is 2.39. The van der Waals surface area contributed by atoms with Crippen molar-refractivity contribution in [3.05, 3.63) is 53.6 Å². The summed E-state index contributed by atoms with van der Waals surface area (Å²) in [6, 6.07) is 15.4. The Hall–Kier alpha value is -3.72. The summed E-state index contributed by atoms with van der Waals surface area (Å²) in [5.74, 6) is 2.18. The molecule has 0 saturated heterocycles. The summed E-state index contributed by atoms with van der Waals surface area (Å²) in [6.07, 6.45) is 0. The van der Waals surface area contributed by atoms with Gasteiger partial charge in [0.05, 0.1) is 26.5 Å². The van der Waals surface area contributed by atoms with Gasteiger partial charge in [0.1, 0.15) is 23.2 Å². The fraction of sp³-hybridized carbons (Fsp3) is 0.217. The van der Waals surface area contributed by atoms with Crippen LogP contribution in [0, 0.1) is 18.3 Å². The first kappa shape index (κ1) is 20.0. The number of hydrogen-bond acceptors (Lipinski definition) is 6. The summed E-state index contributed by atoms with van der Waals surface area (Å²) < 4.78 is 16.3. The first-order chi connectivity index (χ1) is 14.0. The van der Waals surface area contributed by atoms with Gasteiger partial charge in [0, 0.05) is 11.1 Å². The molecule has 0 atom stereocenters. The van der Waals surface area contributed by atoms with Crippen LogP contribution in [0.25, 0.3) is 22.4 Å². The zero-order chi connectivity index (χ0) is 21.0. The predicted molar refractivity (Wildman–Crippen MR) is 113 cm³/mol. The Bertz CT molecular complexity index is 1070. The standard InChI is InChI=1S/C23H23N3O3/c1-5-29-19-11-8-16(12-20(19)28-4)21-14(2)22(26-23(25)18(21)13-24)15-6-9-17(27-3)10-7-15/h6-12H,5H2,1-4H3,(H2,25,26). The van der Waals surface area contributed by atoms with Gasteiger partial charge in [-0.1, -0.05) is 6.07 Å².